The molecule has 14 heavy (non-hydrogen) atoms. The molecular formula is C11H14O3. The summed E-state index contributed by atoms with van der Waals surface area (Å²) < 4.78 is 5.48. The van der Waals surface area contributed by atoms with E-state index in [1.165, 1.54) is 0 Å². The first-order valence-electron chi connectivity index (χ1n) is 4.78. The van der Waals surface area contributed by atoms with Crippen LogP contribution in [0.2, 0.25) is 0 Å². The van der Waals surface area contributed by atoms with Crippen LogP contribution in [0.3, 0.4) is 0 Å². The van der Waals surface area contributed by atoms with Gasteiger partial charge in [0.25, 0.3) is 0 Å². The molecule has 0 amide bonds. The number of hydrogen-bond donors (Lipinski definition) is 2. The van der Waals surface area contributed by atoms with E-state index in [1.54, 1.807) is 0 Å². The van der Waals surface area contributed by atoms with E-state index < -0.39 is 0 Å². The summed E-state index contributed by atoms with van der Waals surface area (Å²) in [5.74, 6) is 0.336. The van der Waals surface area contributed by atoms with Crippen LogP contribution in [0.4, 0.5) is 0 Å². The average Bonchev–Trinajstić information content (AvgIpc) is 2.57. The molecule has 0 bridgehead atoms. The lowest BCUT2D eigenvalue weighted by Crippen LogP contribution is -1.98. The molecule has 3 nitrogen and oxygen atoms in total. The van der Waals surface area contributed by atoms with E-state index in [0.717, 1.165) is 16.7 Å². The zero-order valence-electron chi connectivity index (χ0n) is 8.16. The number of aliphatic hydroxyl groups is 1. The van der Waals surface area contributed by atoms with Crippen molar-refractivity contribution in [2.24, 2.45) is 0 Å². The molecule has 0 fully saturated rings. The summed E-state index contributed by atoms with van der Waals surface area (Å²) in [6, 6.07) is 3.85. The molecular weight excluding hydrogens is 180 g/mol. The SMILES string of the molecule is Cc1ccc2c(c1O)COC2CCO. The van der Waals surface area contributed by atoms with Gasteiger partial charge in [-0.2, -0.15) is 0 Å². The maximum Gasteiger partial charge on any atom is 0.124 e. The van der Waals surface area contributed by atoms with Crippen LogP contribution in [-0.4, -0.2) is 16.8 Å². The van der Waals surface area contributed by atoms with Crippen molar-refractivity contribution < 1.29 is 14.9 Å². The lowest BCUT2D eigenvalue weighted by atomic mass is 10.00. The van der Waals surface area contributed by atoms with Crippen LogP contribution in [0.15, 0.2) is 12.1 Å². The number of phenolic OH excluding ortho intramolecular Hbond substituents is 1. The summed E-state index contributed by atoms with van der Waals surface area (Å²) in [6.07, 6.45) is 0.539. The molecule has 76 valence electrons. The summed E-state index contributed by atoms with van der Waals surface area (Å²) in [7, 11) is 0. The number of fused-ring (bicyclic) bond motifs is 1. The summed E-state index contributed by atoms with van der Waals surface area (Å²) >= 11 is 0. The smallest absolute Gasteiger partial charge is 0.124 e. The van der Waals surface area contributed by atoms with Crippen LogP contribution in [0.5, 0.6) is 5.75 Å². The molecule has 3 heteroatoms. The van der Waals surface area contributed by atoms with Gasteiger partial charge in [-0.1, -0.05) is 12.1 Å². The third-order valence-corrected chi connectivity index (χ3v) is 2.69. The van der Waals surface area contributed by atoms with E-state index >= 15 is 0 Å². The Kier molecular flexibility index (Phi) is 2.44. The van der Waals surface area contributed by atoms with Crippen LogP contribution < -0.4 is 0 Å². The molecule has 1 aromatic rings. The van der Waals surface area contributed by atoms with Crippen LogP contribution in [0, 0.1) is 6.92 Å². The van der Waals surface area contributed by atoms with Gasteiger partial charge in [-0.3, -0.25) is 0 Å². The molecule has 1 heterocycles. The Balaban J connectivity index is 2.37. The molecule has 0 spiro atoms. The lowest BCUT2D eigenvalue weighted by Gasteiger charge is -2.09. The van der Waals surface area contributed by atoms with Gasteiger partial charge in [-0.05, 0) is 18.1 Å². The first-order chi connectivity index (χ1) is 6.74. The van der Waals surface area contributed by atoms with Crippen molar-refractivity contribution in [2.45, 2.75) is 26.1 Å². The number of rotatable bonds is 2. The van der Waals surface area contributed by atoms with E-state index in [1.807, 2.05) is 19.1 Å². The highest BCUT2D eigenvalue weighted by atomic mass is 16.5. The lowest BCUT2D eigenvalue weighted by molar-refractivity contribution is 0.0469. The molecule has 0 aliphatic carbocycles. The van der Waals surface area contributed by atoms with Gasteiger partial charge in [0.05, 0.1) is 12.7 Å². The van der Waals surface area contributed by atoms with Crippen molar-refractivity contribution in [3.63, 3.8) is 0 Å². The van der Waals surface area contributed by atoms with Gasteiger partial charge in [-0.25, -0.2) is 0 Å². The van der Waals surface area contributed by atoms with Gasteiger partial charge in [0.2, 0.25) is 0 Å². The van der Waals surface area contributed by atoms with Crippen molar-refractivity contribution in [3.05, 3.63) is 28.8 Å². The Morgan fingerprint density at radius 3 is 3.00 bits per heavy atom. The second-order valence-electron chi connectivity index (χ2n) is 3.61. The topological polar surface area (TPSA) is 49.7 Å². The molecule has 1 aliphatic rings. The van der Waals surface area contributed by atoms with Crippen LogP contribution in [0.1, 0.15) is 29.2 Å². The standard InChI is InChI=1S/C11H14O3/c1-7-2-3-8-9(11(7)13)6-14-10(8)4-5-12/h2-3,10,12-13H,4-6H2,1H3. The maximum atomic E-state index is 9.76. The molecule has 1 atom stereocenters. The molecule has 0 saturated heterocycles. The first kappa shape index (κ1) is 9.49. The van der Waals surface area contributed by atoms with E-state index in [9.17, 15) is 5.11 Å². The number of benzene rings is 1. The highest BCUT2D eigenvalue weighted by Gasteiger charge is 2.25. The van der Waals surface area contributed by atoms with Crippen molar-refractivity contribution in [3.8, 4) is 5.75 Å². The number of aryl methyl sites for hydroxylation is 1. The van der Waals surface area contributed by atoms with Gasteiger partial charge in [0.1, 0.15) is 5.75 Å². The first-order valence-corrected chi connectivity index (χ1v) is 4.78. The molecule has 1 aromatic carbocycles. The highest BCUT2D eigenvalue weighted by Crippen LogP contribution is 2.38. The molecule has 2 rings (SSSR count). The van der Waals surface area contributed by atoms with E-state index in [2.05, 4.69) is 0 Å². The second kappa shape index (κ2) is 3.59. The highest BCUT2D eigenvalue weighted by molar-refractivity contribution is 5.47. The molecule has 0 aromatic heterocycles. The Morgan fingerprint density at radius 2 is 2.29 bits per heavy atom. The van der Waals surface area contributed by atoms with Crippen LogP contribution >= 0.6 is 0 Å². The zero-order valence-corrected chi connectivity index (χ0v) is 8.16. The quantitative estimate of drug-likeness (QED) is 0.752. The van der Waals surface area contributed by atoms with Crippen molar-refractivity contribution >= 4 is 0 Å². The van der Waals surface area contributed by atoms with E-state index in [-0.39, 0.29) is 12.7 Å². The second-order valence-corrected chi connectivity index (χ2v) is 3.61. The summed E-state index contributed by atoms with van der Waals surface area (Å²) in [5, 5.41) is 18.6. The fourth-order valence-corrected chi connectivity index (χ4v) is 1.85. The van der Waals surface area contributed by atoms with Crippen LogP contribution in [-0.2, 0) is 11.3 Å². The minimum atomic E-state index is -0.0542. The minimum Gasteiger partial charge on any atom is -0.507 e. The van der Waals surface area contributed by atoms with Gasteiger partial charge in [0, 0.05) is 18.6 Å². The molecule has 2 N–H and O–H groups in total. The third kappa shape index (κ3) is 1.38. The maximum absolute atomic E-state index is 9.76. The largest absolute Gasteiger partial charge is 0.507 e. The van der Waals surface area contributed by atoms with Gasteiger partial charge in [-0.15, -0.1) is 0 Å². The Labute approximate surface area is 83.0 Å². The van der Waals surface area contributed by atoms with Crippen molar-refractivity contribution in [2.75, 3.05) is 6.61 Å². The van der Waals surface area contributed by atoms with Crippen molar-refractivity contribution in [1.82, 2.24) is 0 Å². The van der Waals surface area contributed by atoms with Gasteiger partial charge in [0.15, 0.2) is 0 Å². The molecule has 0 radical (unpaired) electrons. The van der Waals surface area contributed by atoms with Crippen molar-refractivity contribution in [1.29, 1.82) is 0 Å². The Bertz CT molecular complexity index is 347. The number of aromatic hydroxyl groups is 1. The molecule has 0 saturated carbocycles. The summed E-state index contributed by atoms with van der Waals surface area (Å²) in [5.41, 5.74) is 2.77. The van der Waals surface area contributed by atoms with E-state index in [0.29, 0.717) is 18.8 Å². The molecule has 1 unspecified atom stereocenters. The van der Waals surface area contributed by atoms with Gasteiger partial charge < -0.3 is 14.9 Å². The third-order valence-electron chi connectivity index (χ3n) is 2.69. The van der Waals surface area contributed by atoms with Crippen LogP contribution in [0.25, 0.3) is 0 Å². The molecule has 1 aliphatic heterocycles. The number of ether oxygens (including phenoxy) is 1. The monoisotopic (exact) mass is 194 g/mol. The van der Waals surface area contributed by atoms with Gasteiger partial charge >= 0.3 is 0 Å². The summed E-state index contributed by atoms with van der Waals surface area (Å²) in [4.78, 5) is 0. The number of hydrogen-bond acceptors (Lipinski definition) is 3. The van der Waals surface area contributed by atoms with E-state index in [4.69, 9.17) is 9.84 Å². The Morgan fingerprint density at radius 1 is 1.50 bits per heavy atom. The zero-order chi connectivity index (χ0) is 10.1. The predicted octanol–water partition coefficient (Wildman–Crippen LogP) is 1.65. The normalized spacial score (nSPS) is 19.7. The summed E-state index contributed by atoms with van der Waals surface area (Å²) in [6.45, 7) is 2.43. The fraction of sp³-hybridized carbons (Fsp3) is 0.455. The average molecular weight is 194 g/mol. The number of aliphatic hydroxyl groups excluding tert-OH is 1. The minimum absolute atomic E-state index is 0.0542. The number of phenols is 1. The fourth-order valence-electron chi connectivity index (χ4n) is 1.85. The Hall–Kier alpha value is -1.06. The predicted molar refractivity (Wildman–Crippen MR) is 52.1 cm³/mol.